The predicted molar refractivity (Wildman–Crippen MR) is 79.6 cm³/mol. The molecule has 2 aromatic rings. The van der Waals surface area contributed by atoms with Gasteiger partial charge < -0.3 is 14.2 Å². The van der Waals surface area contributed by atoms with E-state index in [2.05, 4.69) is 4.99 Å². The van der Waals surface area contributed by atoms with Gasteiger partial charge in [0, 0.05) is 11.1 Å². The number of esters is 1. The number of carbonyl (C=O) groups is 1. The third kappa shape index (κ3) is 2.44. The fourth-order valence-electron chi connectivity index (χ4n) is 2.30. The molecule has 0 N–H and O–H groups in total. The van der Waals surface area contributed by atoms with Crippen molar-refractivity contribution in [1.82, 2.24) is 0 Å². The lowest BCUT2D eigenvalue weighted by molar-refractivity contribution is -0.129. The fourth-order valence-corrected chi connectivity index (χ4v) is 2.30. The van der Waals surface area contributed by atoms with Crippen LogP contribution < -0.4 is 9.47 Å². The van der Waals surface area contributed by atoms with Gasteiger partial charge in [0.25, 0.3) is 0 Å². The number of hydrogen-bond acceptors (Lipinski definition) is 5. The molecular formula is C17H10FNO4. The van der Waals surface area contributed by atoms with Gasteiger partial charge in [0.2, 0.25) is 12.7 Å². The van der Waals surface area contributed by atoms with Gasteiger partial charge in [-0.1, -0.05) is 18.2 Å². The molecule has 114 valence electrons. The van der Waals surface area contributed by atoms with Crippen LogP contribution in [0.25, 0.3) is 6.08 Å². The van der Waals surface area contributed by atoms with Crippen molar-refractivity contribution in [3.05, 3.63) is 65.1 Å². The second-order valence-electron chi connectivity index (χ2n) is 4.93. The largest absolute Gasteiger partial charge is 0.454 e. The van der Waals surface area contributed by atoms with E-state index >= 15 is 0 Å². The number of rotatable bonds is 2. The van der Waals surface area contributed by atoms with Crippen LogP contribution in [0.3, 0.4) is 0 Å². The SMILES string of the molecule is O=C1OC(c2ccc3c(c2)OCO3)=N/C1=C/c1ccccc1F. The summed E-state index contributed by atoms with van der Waals surface area (Å²) in [4.78, 5) is 16.1. The number of aliphatic imine (C=N–C) groups is 1. The van der Waals surface area contributed by atoms with E-state index in [1.807, 2.05) is 0 Å². The Morgan fingerprint density at radius 2 is 1.91 bits per heavy atom. The molecule has 2 aromatic carbocycles. The lowest BCUT2D eigenvalue weighted by Crippen LogP contribution is -2.05. The molecule has 23 heavy (non-hydrogen) atoms. The molecule has 0 bridgehead atoms. The maximum absolute atomic E-state index is 13.7. The Bertz CT molecular complexity index is 873. The highest BCUT2D eigenvalue weighted by Crippen LogP contribution is 2.33. The van der Waals surface area contributed by atoms with Crippen molar-refractivity contribution in [2.24, 2.45) is 4.99 Å². The quantitative estimate of drug-likeness (QED) is 0.632. The maximum Gasteiger partial charge on any atom is 0.363 e. The van der Waals surface area contributed by atoms with Crippen LogP contribution in [0.5, 0.6) is 11.5 Å². The van der Waals surface area contributed by atoms with Gasteiger partial charge in [0.15, 0.2) is 17.2 Å². The van der Waals surface area contributed by atoms with Crippen LogP contribution in [0.1, 0.15) is 11.1 Å². The molecule has 0 saturated heterocycles. The van der Waals surface area contributed by atoms with Crippen molar-refractivity contribution >= 4 is 17.9 Å². The second kappa shape index (κ2) is 5.24. The Hall–Kier alpha value is -3.15. The van der Waals surface area contributed by atoms with Crippen molar-refractivity contribution in [2.75, 3.05) is 6.79 Å². The van der Waals surface area contributed by atoms with E-state index < -0.39 is 11.8 Å². The summed E-state index contributed by atoms with van der Waals surface area (Å²) in [5, 5.41) is 0. The van der Waals surface area contributed by atoms with Crippen LogP contribution in [0.2, 0.25) is 0 Å². The van der Waals surface area contributed by atoms with E-state index in [9.17, 15) is 9.18 Å². The number of halogens is 1. The van der Waals surface area contributed by atoms with E-state index in [1.165, 1.54) is 12.1 Å². The molecular weight excluding hydrogens is 301 g/mol. The molecule has 0 saturated carbocycles. The van der Waals surface area contributed by atoms with Gasteiger partial charge >= 0.3 is 5.97 Å². The van der Waals surface area contributed by atoms with E-state index in [-0.39, 0.29) is 24.0 Å². The molecule has 2 heterocycles. The highest BCUT2D eigenvalue weighted by atomic mass is 19.1. The molecule has 0 aliphatic carbocycles. The van der Waals surface area contributed by atoms with Crippen LogP contribution in [-0.4, -0.2) is 18.7 Å². The lowest BCUT2D eigenvalue weighted by atomic mass is 10.2. The van der Waals surface area contributed by atoms with Gasteiger partial charge in [-0.25, -0.2) is 14.2 Å². The first-order chi connectivity index (χ1) is 11.2. The predicted octanol–water partition coefficient (Wildman–Crippen LogP) is 2.90. The molecule has 0 atom stereocenters. The first-order valence-electron chi connectivity index (χ1n) is 6.88. The summed E-state index contributed by atoms with van der Waals surface area (Å²) < 4.78 is 29.3. The third-order valence-corrected chi connectivity index (χ3v) is 3.44. The maximum atomic E-state index is 13.7. The summed E-state index contributed by atoms with van der Waals surface area (Å²) in [5.41, 5.74) is 0.900. The fraction of sp³-hybridized carbons (Fsp3) is 0.0588. The first-order valence-corrected chi connectivity index (χ1v) is 6.88. The highest BCUT2D eigenvalue weighted by Gasteiger charge is 2.26. The van der Waals surface area contributed by atoms with E-state index in [0.717, 1.165) is 0 Å². The van der Waals surface area contributed by atoms with Crippen molar-refractivity contribution in [3.63, 3.8) is 0 Å². The van der Waals surface area contributed by atoms with Crippen molar-refractivity contribution in [1.29, 1.82) is 0 Å². The van der Waals surface area contributed by atoms with Gasteiger partial charge in [0.1, 0.15) is 5.82 Å². The normalized spacial score (nSPS) is 17.3. The smallest absolute Gasteiger partial charge is 0.363 e. The molecule has 0 spiro atoms. The molecule has 0 radical (unpaired) electrons. The van der Waals surface area contributed by atoms with Crippen molar-refractivity contribution in [2.45, 2.75) is 0 Å². The van der Waals surface area contributed by atoms with Crippen LogP contribution in [0.15, 0.2) is 53.2 Å². The lowest BCUT2D eigenvalue weighted by Gasteiger charge is -2.01. The van der Waals surface area contributed by atoms with Gasteiger partial charge in [-0.3, -0.25) is 0 Å². The number of fused-ring (bicyclic) bond motifs is 1. The average molecular weight is 311 g/mol. The molecule has 0 unspecified atom stereocenters. The number of cyclic esters (lactones) is 1. The van der Waals surface area contributed by atoms with Gasteiger partial charge in [-0.2, -0.15) is 0 Å². The third-order valence-electron chi connectivity index (χ3n) is 3.44. The van der Waals surface area contributed by atoms with Crippen LogP contribution in [-0.2, 0) is 9.53 Å². The zero-order valence-electron chi connectivity index (χ0n) is 11.8. The monoisotopic (exact) mass is 311 g/mol. The molecule has 6 heteroatoms. The Morgan fingerprint density at radius 1 is 1.09 bits per heavy atom. The Balaban J connectivity index is 1.69. The summed E-state index contributed by atoms with van der Waals surface area (Å²) in [6.45, 7) is 0.156. The zero-order valence-corrected chi connectivity index (χ0v) is 11.8. The summed E-state index contributed by atoms with van der Waals surface area (Å²) >= 11 is 0. The average Bonchev–Trinajstić information content (AvgIpc) is 3.16. The topological polar surface area (TPSA) is 57.1 Å². The van der Waals surface area contributed by atoms with Crippen molar-refractivity contribution < 1.29 is 23.4 Å². The van der Waals surface area contributed by atoms with Crippen LogP contribution in [0, 0.1) is 5.82 Å². The number of ether oxygens (including phenoxy) is 3. The molecule has 2 aliphatic heterocycles. The summed E-state index contributed by atoms with van der Waals surface area (Å²) in [5.74, 6) is 0.282. The van der Waals surface area contributed by atoms with Gasteiger partial charge in [0.05, 0.1) is 0 Å². The Kier molecular flexibility index (Phi) is 3.08. The standard InChI is InChI=1S/C17H10FNO4/c18-12-4-2-1-3-10(12)7-13-17(20)23-16(19-13)11-5-6-14-15(8-11)22-9-21-14/h1-8H,9H2/b13-7+. The number of nitrogens with zero attached hydrogens (tertiary/aromatic N) is 1. The van der Waals surface area contributed by atoms with E-state index in [4.69, 9.17) is 14.2 Å². The molecule has 5 nitrogen and oxygen atoms in total. The highest BCUT2D eigenvalue weighted by molar-refractivity contribution is 6.13. The van der Waals surface area contributed by atoms with Crippen molar-refractivity contribution in [3.8, 4) is 11.5 Å². The second-order valence-corrected chi connectivity index (χ2v) is 4.93. The summed E-state index contributed by atoms with van der Waals surface area (Å²) in [6.07, 6.45) is 1.36. The number of carbonyl (C=O) groups excluding carboxylic acids is 1. The Labute approximate surface area is 130 Å². The van der Waals surface area contributed by atoms with E-state index in [1.54, 1.807) is 36.4 Å². The summed E-state index contributed by atoms with van der Waals surface area (Å²) in [7, 11) is 0. The minimum absolute atomic E-state index is 0.0442. The molecule has 0 aromatic heterocycles. The van der Waals surface area contributed by atoms with Gasteiger partial charge in [-0.05, 0) is 30.3 Å². The van der Waals surface area contributed by atoms with E-state index in [0.29, 0.717) is 17.1 Å². The molecule has 4 rings (SSSR count). The zero-order chi connectivity index (χ0) is 15.8. The van der Waals surface area contributed by atoms with Gasteiger partial charge in [-0.15, -0.1) is 0 Å². The summed E-state index contributed by atoms with van der Waals surface area (Å²) in [6, 6.07) is 11.2. The minimum atomic E-state index is -0.624. The van der Waals surface area contributed by atoms with Crippen LogP contribution >= 0.6 is 0 Å². The van der Waals surface area contributed by atoms with Crippen LogP contribution in [0.4, 0.5) is 4.39 Å². The molecule has 0 amide bonds. The Morgan fingerprint density at radius 3 is 2.78 bits per heavy atom. The first kappa shape index (κ1) is 13.5. The minimum Gasteiger partial charge on any atom is -0.454 e. The number of hydrogen-bond donors (Lipinski definition) is 0. The molecule has 2 aliphatic rings. The molecule has 0 fully saturated rings. The number of benzene rings is 2.